The number of ether oxygens (including phenoxy) is 1. The molecule has 1 atom stereocenters. The lowest BCUT2D eigenvalue weighted by Gasteiger charge is -2.13. The van der Waals surface area contributed by atoms with Crippen LogP contribution in [0.2, 0.25) is 0 Å². The molecule has 21 heavy (non-hydrogen) atoms. The van der Waals surface area contributed by atoms with Crippen LogP contribution in [0.1, 0.15) is 25.8 Å². The number of amides is 1. The Hall–Kier alpha value is -1.53. The monoisotopic (exact) mass is 298 g/mol. The summed E-state index contributed by atoms with van der Waals surface area (Å²) in [6, 6.07) is 6.35. The molecule has 0 saturated carbocycles. The molecule has 1 saturated heterocycles. The molecule has 4 nitrogen and oxygen atoms in total. The molecule has 1 unspecified atom stereocenters. The van der Waals surface area contributed by atoms with Gasteiger partial charge in [-0.15, -0.1) is 0 Å². The van der Waals surface area contributed by atoms with Crippen molar-refractivity contribution in [2.45, 2.75) is 44.9 Å². The first-order chi connectivity index (χ1) is 9.85. The maximum Gasteiger partial charge on any atom is 0.262 e. The van der Waals surface area contributed by atoms with Gasteiger partial charge in [0.25, 0.3) is 5.92 Å². The molecule has 0 aromatic heterocycles. The summed E-state index contributed by atoms with van der Waals surface area (Å²) in [6.07, 6.45) is -0.345. The third-order valence-electron chi connectivity index (χ3n) is 3.20. The SMILES string of the molecule is CC(C)OCc1cccc(NC(=O)C2CC(F)(F)CN2)c1. The minimum absolute atomic E-state index is 0.119. The predicted molar refractivity (Wildman–Crippen MR) is 76.4 cm³/mol. The van der Waals surface area contributed by atoms with Gasteiger partial charge in [-0.3, -0.25) is 10.1 Å². The molecule has 1 amide bonds. The Balaban J connectivity index is 1.93. The van der Waals surface area contributed by atoms with Gasteiger partial charge in [0.15, 0.2) is 0 Å². The lowest BCUT2D eigenvalue weighted by atomic mass is 10.1. The van der Waals surface area contributed by atoms with E-state index in [1.807, 2.05) is 19.9 Å². The van der Waals surface area contributed by atoms with E-state index < -0.39 is 30.8 Å². The minimum Gasteiger partial charge on any atom is -0.374 e. The third kappa shape index (κ3) is 4.75. The lowest BCUT2D eigenvalue weighted by molar-refractivity contribution is -0.118. The van der Waals surface area contributed by atoms with E-state index in [1.54, 1.807) is 18.2 Å². The average Bonchev–Trinajstić information content (AvgIpc) is 2.77. The molecule has 0 radical (unpaired) electrons. The quantitative estimate of drug-likeness (QED) is 0.878. The summed E-state index contributed by atoms with van der Waals surface area (Å²) >= 11 is 0. The Bertz CT molecular complexity index is 506. The van der Waals surface area contributed by atoms with E-state index in [2.05, 4.69) is 10.6 Å². The molecular weight excluding hydrogens is 278 g/mol. The van der Waals surface area contributed by atoms with Gasteiger partial charge in [0.1, 0.15) is 0 Å². The van der Waals surface area contributed by atoms with Crippen molar-refractivity contribution >= 4 is 11.6 Å². The first kappa shape index (κ1) is 15.9. The number of rotatable bonds is 5. The first-order valence-corrected chi connectivity index (χ1v) is 6.98. The number of hydrogen-bond donors (Lipinski definition) is 2. The summed E-state index contributed by atoms with van der Waals surface area (Å²) in [5, 5.41) is 5.19. The van der Waals surface area contributed by atoms with Crippen molar-refractivity contribution in [1.82, 2.24) is 5.32 Å². The summed E-state index contributed by atoms with van der Waals surface area (Å²) in [7, 11) is 0. The second-order valence-electron chi connectivity index (χ2n) is 5.54. The smallest absolute Gasteiger partial charge is 0.262 e. The molecular formula is C15H20F2N2O2. The zero-order chi connectivity index (χ0) is 15.5. The van der Waals surface area contributed by atoms with E-state index in [0.717, 1.165) is 5.56 Å². The van der Waals surface area contributed by atoms with E-state index >= 15 is 0 Å². The number of carbonyl (C=O) groups is 1. The van der Waals surface area contributed by atoms with E-state index in [4.69, 9.17) is 4.74 Å². The Labute approximate surface area is 122 Å². The summed E-state index contributed by atoms with van der Waals surface area (Å²) in [6.45, 7) is 3.88. The molecule has 116 valence electrons. The van der Waals surface area contributed by atoms with Crippen LogP contribution < -0.4 is 10.6 Å². The molecule has 1 aromatic rings. The van der Waals surface area contributed by atoms with Crippen molar-refractivity contribution < 1.29 is 18.3 Å². The van der Waals surface area contributed by atoms with Crippen molar-refractivity contribution in [2.75, 3.05) is 11.9 Å². The fourth-order valence-electron chi connectivity index (χ4n) is 2.13. The first-order valence-electron chi connectivity index (χ1n) is 6.98. The topological polar surface area (TPSA) is 50.4 Å². The van der Waals surface area contributed by atoms with Crippen molar-refractivity contribution in [3.63, 3.8) is 0 Å². The molecule has 6 heteroatoms. The van der Waals surface area contributed by atoms with Crippen molar-refractivity contribution in [3.8, 4) is 0 Å². The van der Waals surface area contributed by atoms with Crippen LogP contribution >= 0.6 is 0 Å². The highest BCUT2D eigenvalue weighted by atomic mass is 19.3. The molecule has 1 aliphatic rings. The largest absolute Gasteiger partial charge is 0.374 e. The molecule has 1 aliphatic heterocycles. The van der Waals surface area contributed by atoms with E-state index in [9.17, 15) is 13.6 Å². The van der Waals surface area contributed by atoms with Gasteiger partial charge in [-0.25, -0.2) is 8.78 Å². The number of nitrogens with one attached hydrogen (secondary N) is 2. The summed E-state index contributed by atoms with van der Waals surface area (Å²) < 4.78 is 31.6. The molecule has 0 aliphatic carbocycles. The van der Waals surface area contributed by atoms with Gasteiger partial charge in [0, 0.05) is 12.1 Å². The van der Waals surface area contributed by atoms with Gasteiger partial charge in [-0.05, 0) is 31.5 Å². The van der Waals surface area contributed by atoms with Gasteiger partial charge < -0.3 is 10.1 Å². The Kier molecular flexibility index (Phi) is 4.90. The number of carbonyl (C=O) groups excluding carboxylic acids is 1. The minimum atomic E-state index is -2.81. The van der Waals surface area contributed by atoms with Gasteiger partial charge >= 0.3 is 0 Å². The Morgan fingerprint density at radius 3 is 2.90 bits per heavy atom. The van der Waals surface area contributed by atoms with Gasteiger partial charge in [-0.1, -0.05) is 12.1 Å². The number of anilines is 1. The van der Waals surface area contributed by atoms with E-state index in [0.29, 0.717) is 12.3 Å². The Morgan fingerprint density at radius 2 is 2.29 bits per heavy atom. The van der Waals surface area contributed by atoms with Crippen molar-refractivity contribution in [2.24, 2.45) is 0 Å². The molecule has 1 fully saturated rings. The van der Waals surface area contributed by atoms with Crippen LogP contribution in [0, 0.1) is 0 Å². The lowest BCUT2D eigenvalue weighted by Crippen LogP contribution is -2.35. The fourth-order valence-corrected chi connectivity index (χ4v) is 2.13. The molecule has 1 aromatic carbocycles. The molecule has 1 heterocycles. The average molecular weight is 298 g/mol. The maximum atomic E-state index is 13.1. The number of alkyl halides is 2. The highest BCUT2D eigenvalue weighted by Gasteiger charge is 2.42. The highest BCUT2D eigenvalue weighted by Crippen LogP contribution is 2.25. The standard InChI is InChI=1S/C15H20F2N2O2/c1-10(2)21-8-11-4-3-5-12(6-11)19-14(20)13-7-15(16,17)9-18-13/h3-6,10,13,18H,7-9H2,1-2H3,(H,19,20). The Morgan fingerprint density at radius 1 is 1.52 bits per heavy atom. The van der Waals surface area contributed by atoms with Crippen LogP contribution in [0.4, 0.5) is 14.5 Å². The number of halogens is 2. The summed E-state index contributed by atoms with van der Waals surface area (Å²) in [5.74, 6) is -3.25. The zero-order valence-corrected chi connectivity index (χ0v) is 12.2. The molecule has 2 rings (SSSR count). The highest BCUT2D eigenvalue weighted by molar-refractivity contribution is 5.95. The van der Waals surface area contributed by atoms with Crippen LogP contribution in [0.25, 0.3) is 0 Å². The predicted octanol–water partition coefficient (Wildman–Crippen LogP) is 2.55. The summed E-state index contributed by atoms with van der Waals surface area (Å²) in [5.41, 5.74) is 1.51. The van der Waals surface area contributed by atoms with Crippen LogP contribution in [0.15, 0.2) is 24.3 Å². The van der Waals surface area contributed by atoms with Gasteiger partial charge in [0.05, 0.1) is 25.3 Å². The van der Waals surface area contributed by atoms with Crippen molar-refractivity contribution in [3.05, 3.63) is 29.8 Å². The van der Waals surface area contributed by atoms with Crippen LogP contribution in [0.3, 0.4) is 0 Å². The molecule has 0 spiro atoms. The maximum absolute atomic E-state index is 13.1. The van der Waals surface area contributed by atoms with Gasteiger partial charge in [0.2, 0.25) is 5.91 Å². The number of hydrogen-bond acceptors (Lipinski definition) is 3. The summed E-state index contributed by atoms with van der Waals surface area (Å²) in [4.78, 5) is 11.9. The van der Waals surface area contributed by atoms with Crippen LogP contribution in [-0.4, -0.2) is 30.5 Å². The van der Waals surface area contributed by atoms with E-state index in [1.165, 1.54) is 0 Å². The van der Waals surface area contributed by atoms with Crippen LogP contribution in [0.5, 0.6) is 0 Å². The molecule has 2 N–H and O–H groups in total. The van der Waals surface area contributed by atoms with Gasteiger partial charge in [-0.2, -0.15) is 0 Å². The van der Waals surface area contributed by atoms with Crippen molar-refractivity contribution in [1.29, 1.82) is 0 Å². The third-order valence-corrected chi connectivity index (χ3v) is 3.20. The second kappa shape index (κ2) is 6.49. The zero-order valence-electron chi connectivity index (χ0n) is 12.2. The second-order valence-corrected chi connectivity index (χ2v) is 5.54. The molecule has 0 bridgehead atoms. The van der Waals surface area contributed by atoms with E-state index in [-0.39, 0.29) is 6.10 Å². The number of benzene rings is 1. The fraction of sp³-hybridized carbons (Fsp3) is 0.533. The normalized spacial score (nSPS) is 20.7. The van der Waals surface area contributed by atoms with Crippen LogP contribution in [-0.2, 0) is 16.1 Å².